The van der Waals surface area contributed by atoms with Crippen LogP contribution in [-0.4, -0.2) is 59.9 Å². The van der Waals surface area contributed by atoms with Crippen molar-refractivity contribution in [2.75, 3.05) is 20.3 Å². The number of ether oxygens (including phenoxy) is 3. The second kappa shape index (κ2) is 10.6. The highest BCUT2D eigenvalue weighted by Crippen LogP contribution is 2.29. The van der Waals surface area contributed by atoms with Gasteiger partial charge in [0.05, 0.1) is 18.2 Å². The summed E-state index contributed by atoms with van der Waals surface area (Å²) in [6.45, 7) is 3.79. The Morgan fingerprint density at radius 2 is 2.09 bits per heavy atom. The van der Waals surface area contributed by atoms with Gasteiger partial charge in [-0.15, -0.1) is 0 Å². The number of carbonyl (C=O) groups is 3. The monoisotopic (exact) mass is 496 g/mol. The second-order valence-electron chi connectivity index (χ2n) is 7.92. The molecule has 0 fully saturated rings. The first-order valence-electron chi connectivity index (χ1n) is 10.1. The maximum atomic E-state index is 13.1. The van der Waals surface area contributed by atoms with Crippen LogP contribution in [0.2, 0.25) is 5.02 Å². The van der Waals surface area contributed by atoms with Crippen LogP contribution in [-0.2, 0) is 23.9 Å². The molecule has 2 unspecified atom stereocenters. The van der Waals surface area contributed by atoms with E-state index < -0.39 is 23.6 Å². The maximum Gasteiger partial charge on any atom is 0.336 e. The molecule has 12 heteroatoms. The van der Waals surface area contributed by atoms with Gasteiger partial charge in [-0.25, -0.2) is 14.5 Å². The summed E-state index contributed by atoms with van der Waals surface area (Å²) in [5.41, 5.74) is 3.88. The molecule has 2 aliphatic rings. The first-order valence-corrected chi connectivity index (χ1v) is 11.3. The van der Waals surface area contributed by atoms with E-state index in [1.54, 1.807) is 24.3 Å². The number of amides is 2. The van der Waals surface area contributed by atoms with Gasteiger partial charge in [-0.1, -0.05) is 37.6 Å². The largest absolute Gasteiger partial charge is 0.458 e. The van der Waals surface area contributed by atoms with Gasteiger partial charge in [0.25, 0.3) is 17.0 Å². The van der Waals surface area contributed by atoms with E-state index in [0.29, 0.717) is 23.0 Å². The van der Waals surface area contributed by atoms with Gasteiger partial charge in [0.1, 0.15) is 17.6 Å². The van der Waals surface area contributed by atoms with E-state index in [1.165, 1.54) is 18.1 Å². The van der Waals surface area contributed by atoms with Crippen molar-refractivity contribution in [3.63, 3.8) is 0 Å². The van der Waals surface area contributed by atoms with E-state index in [2.05, 4.69) is 9.71 Å². The molecule has 0 spiro atoms. The molecule has 0 aromatic heterocycles. The standard InChI is InChI=1S/C21H25ClN4O6S/c1-12(2)8-15(18(28)32-20-24-21(11-30-3,19(23)29)25-33-20)26-10-13(9-17(26)27)31-16-7-5-4-6-14(16)22/h4-7,9,12,15,25H,8,10-11H2,1-3H3,(H2,23,29). The lowest BCUT2D eigenvalue weighted by atomic mass is 10.0. The number of esters is 1. The number of hydrogen-bond donors (Lipinski definition) is 2. The Hall–Kier alpha value is -2.60. The van der Waals surface area contributed by atoms with Crippen LogP contribution in [0.1, 0.15) is 20.3 Å². The number of para-hydroxylation sites is 1. The fourth-order valence-electron chi connectivity index (χ4n) is 3.28. The SMILES string of the molecule is COCC1(C(N)=O)N=C(OC(=O)C(CC(C)C)N2CC(Oc3ccccc3Cl)=CC2=O)SN1. The van der Waals surface area contributed by atoms with Crippen LogP contribution in [0.5, 0.6) is 5.75 Å². The smallest absolute Gasteiger partial charge is 0.336 e. The minimum Gasteiger partial charge on any atom is -0.458 e. The molecule has 1 aromatic rings. The fraction of sp³-hybridized carbons (Fsp3) is 0.429. The number of benzene rings is 1. The van der Waals surface area contributed by atoms with Gasteiger partial charge < -0.3 is 24.8 Å². The molecule has 1 aromatic carbocycles. The summed E-state index contributed by atoms with van der Waals surface area (Å²) in [6.07, 6.45) is 1.67. The maximum absolute atomic E-state index is 13.1. The molecule has 178 valence electrons. The highest BCUT2D eigenvalue weighted by molar-refractivity contribution is 8.12. The van der Waals surface area contributed by atoms with Gasteiger partial charge in [-0.3, -0.25) is 9.59 Å². The zero-order valence-electron chi connectivity index (χ0n) is 18.4. The van der Waals surface area contributed by atoms with Crippen molar-refractivity contribution >= 4 is 46.6 Å². The van der Waals surface area contributed by atoms with Crippen molar-refractivity contribution in [2.45, 2.75) is 32.0 Å². The van der Waals surface area contributed by atoms with Crippen molar-refractivity contribution in [1.29, 1.82) is 0 Å². The molecule has 3 rings (SSSR count). The molecule has 2 amide bonds. The predicted octanol–water partition coefficient (Wildman–Crippen LogP) is 1.84. The van der Waals surface area contributed by atoms with Crippen molar-refractivity contribution in [1.82, 2.24) is 9.62 Å². The molecule has 3 N–H and O–H groups in total. The number of methoxy groups -OCH3 is 1. The van der Waals surface area contributed by atoms with Crippen molar-refractivity contribution in [2.24, 2.45) is 16.6 Å². The molecule has 10 nitrogen and oxygen atoms in total. The number of nitrogens with zero attached hydrogens (tertiary/aromatic N) is 2. The molecule has 33 heavy (non-hydrogen) atoms. The van der Waals surface area contributed by atoms with Gasteiger partial charge in [-0.2, -0.15) is 0 Å². The Bertz CT molecular complexity index is 1000. The minimum absolute atomic E-state index is 0.0727. The first kappa shape index (κ1) is 25.0. The Kier molecular flexibility index (Phi) is 8.01. The Morgan fingerprint density at radius 3 is 2.73 bits per heavy atom. The highest BCUT2D eigenvalue weighted by atomic mass is 35.5. The normalized spacial score (nSPS) is 21.1. The summed E-state index contributed by atoms with van der Waals surface area (Å²) in [4.78, 5) is 43.1. The van der Waals surface area contributed by atoms with Crippen LogP contribution in [0.15, 0.2) is 41.1 Å². The lowest BCUT2D eigenvalue weighted by molar-refractivity contribution is -0.146. The van der Waals surface area contributed by atoms with Gasteiger partial charge in [-0.05, 0) is 24.5 Å². The average molecular weight is 497 g/mol. The lowest BCUT2D eigenvalue weighted by Gasteiger charge is -2.27. The third-order valence-corrected chi connectivity index (χ3v) is 5.95. The lowest BCUT2D eigenvalue weighted by Crippen LogP contribution is -2.52. The Morgan fingerprint density at radius 1 is 1.36 bits per heavy atom. The van der Waals surface area contributed by atoms with E-state index >= 15 is 0 Å². The van der Waals surface area contributed by atoms with E-state index in [0.717, 1.165) is 11.9 Å². The van der Waals surface area contributed by atoms with Gasteiger partial charge in [0.15, 0.2) is 0 Å². The molecule has 0 saturated carbocycles. The number of halogens is 1. The Labute approximate surface area is 200 Å². The third-order valence-electron chi connectivity index (χ3n) is 4.85. The summed E-state index contributed by atoms with van der Waals surface area (Å²) < 4.78 is 18.9. The molecule has 0 bridgehead atoms. The van der Waals surface area contributed by atoms with Crippen molar-refractivity contribution < 1.29 is 28.6 Å². The number of nitrogens with one attached hydrogen (secondary N) is 1. The van der Waals surface area contributed by atoms with Crippen LogP contribution in [0.25, 0.3) is 0 Å². The molecule has 0 radical (unpaired) electrons. The van der Waals surface area contributed by atoms with E-state index in [9.17, 15) is 14.4 Å². The van der Waals surface area contributed by atoms with Crippen LogP contribution in [0.3, 0.4) is 0 Å². The molecule has 0 aliphatic carbocycles. The number of carbonyl (C=O) groups excluding carboxylic acids is 3. The minimum atomic E-state index is -1.54. The topological polar surface area (TPSA) is 133 Å². The quantitative estimate of drug-likeness (QED) is 0.391. The number of rotatable bonds is 9. The van der Waals surface area contributed by atoms with Crippen LogP contribution in [0.4, 0.5) is 0 Å². The van der Waals surface area contributed by atoms with Gasteiger partial charge in [0, 0.05) is 25.1 Å². The predicted molar refractivity (Wildman–Crippen MR) is 123 cm³/mol. The molecule has 0 saturated heterocycles. The summed E-state index contributed by atoms with van der Waals surface area (Å²) in [5, 5.41) is 0.317. The molecular weight excluding hydrogens is 472 g/mol. The van der Waals surface area contributed by atoms with Crippen LogP contribution in [0, 0.1) is 5.92 Å². The number of hydrogen-bond acceptors (Lipinski definition) is 9. The van der Waals surface area contributed by atoms with Crippen LogP contribution >= 0.6 is 23.5 Å². The van der Waals surface area contributed by atoms with Crippen molar-refractivity contribution in [3.05, 3.63) is 41.1 Å². The first-order chi connectivity index (χ1) is 15.6. The molecule has 2 atom stereocenters. The van der Waals surface area contributed by atoms with E-state index in [-0.39, 0.29) is 30.2 Å². The summed E-state index contributed by atoms with van der Waals surface area (Å²) >= 11 is 6.98. The summed E-state index contributed by atoms with van der Waals surface area (Å²) in [7, 11) is 1.39. The summed E-state index contributed by atoms with van der Waals surface area (Å²) in [5.74, 6) is -0.997. The number of primary amides is 1. The van der Waals surface area contributed by atoms with Gasteiger partial charge >= 0.3 is 5.97 Å². The highest BCUT2D eigenvalue weighted by Gasteiger charge is 2.44. The van der Waals surface area contributed by atoms with E-state index in [4.69, 9.17) is 31.5 Å². The molecule has 2 heterocycles. The third kappa shape index (κ3) is 5.85. The zero-order valence-corrected chi connectivity index (χ0v) is 19.9. The van der Waals surface area contributed by atoms with E-state index in [1.807, 2.05) is 13.8 Å². The number of nitrogens with two attached hydrogens (primary N) is 1. The van der Waals surface area contributed by atoms with Gasteiger partial charge in [0.2, 0.25) is 5.66 Å². The summed E-state index contributed by atoms with van der Waals surface area (Å²) in [6, 6.07) is 6.00. The fourth-order valence-corrected chi connectivity index (χ4v) is 4.24. The molecular formula is C21H25ClN4O6S. The second-order valence-corrected chi connectivity index (χ2v) is 9.08. The molecule has 2 aliphatic heterocycles. The van der Waals surface area contributed by atoms with Crippen LogP contribution < -0.4 is 15.2 Å². The number of aliphatic imine (C=N–C) groups is 1. The average Bonchev–Trinajstić information content (AvgIpc) is 3.32. The zero-order chi connectivity index (χ0) is 24.2. The van der Waals surface area contributed by atoms with Crippen molar-refractivity contribution in [3.8, 4) is 5.75 Å². The Balaban J connectivity index is 1.73.